The van der Waals surface area contributed by atoms with Gasteiger partial charge >= 0.3 is 5.97 Å². The second kappa shape index (κ2) is 7.41. The van der Waals surface area contributed by atoms with E-state index in [0.29, 0.717) is 12.8 Å². The van der Waals surface area contributed by atoms with E-state index in [4.69, 9.17) is 9.47 Å². The Morgan fingerprint density at radius 3 is 2.97 bits per heavy atom. The van der Waals surface area contributed by atoms with Gasteiger partial charge in [-0.05, 0) is 41.5 Å². The number of benzene rings is 1. The first kappa shape index (κ1) is 20.4. The predicted octanol–water partition coefficient (Wildman–Crippen LogP) is 5.18. The molecule has 1 aromatic carbocycles. The molecular weight excluding hydrogens is 414 g/mol. The molecule has 0 N–H and O–H groups in total. The lowest BCUT2D eigenvalue weighted by atomic mass is 9.64. The van der Waals surface area contributed by atoms with Gasteiger partial charge in [-0.3, -0.25) is 14.6 Å². The molecule has 1 aliphatic heterocycles. The van der Waals surface area contributed by atoms with Gasteiger partial charge in [0.05, 0.1) is 5.57 Å². The molecule has 33 heavy (non-hydrogen) atoms. The number of Topliss-reactive ketones (excluding diaryl/α,β-unsaturated/α-hetero) is 1. The quantitative estimate of drug-likeness (QED) is 0.601. The number of fused-ring (bicyclic) bond motifs is 4. The number of ketones is 1. The molecule has 5 atom stereocenters. The summed E-state index contributed by atoms with van der Waals surface area (Å²) in [6.45, 7) is 3.75. The van der Waals surface area contributed by atoms with Crippen molar-refractivity contribution >= 4 is 22.5 Å². The number of hydrogen-bond donors (Lipinski definition) is 0. The van der Waals surface area contributed by atoms with Crippen molar-refractivity contribution in [1.82, 2.24) is 4.98 Å². The molecule has 168 valence electrons. The molecule has 1 aromatic heterocycles. The minimum absolute atomic E-state index is 0.0118. The standard InChI is InChI=1S/C28H27NO4/c1-16(30)32-25-14-22-27-17(13-21-23(31)7-4-8-24(21)33-27)9-11-28(22,2)26(25)20-6-3-5-18-15-29-12-10-19(18)20/h3,5-6,9-13,15,22,25-27H,4,7-8,14H2,1-2H3/t22-,25?,26-,27+,28-/m0/s1. The summed E-state index contributed by atoms with van der Waals surface area (Å²) in [7, 11) is 0. The second-order valence-electron chi connectivity index (χ2n) is 9.91. The zero-order valence-electron chi connectivity index (χ0n) is 18.9. The molecule has 4 aliphatic rings. The summed E-state index contributed by atoms with van der Waals surface area (Å²) >= 11 is 0. The van der Waals surface area contributed by atoms with E-state index >= 15 is 0 Å². The zero-order chi connectivity index (χ0) is 22.7. The van der Waals surface area contributed by atoms with Crippen molar-refractivity contribution in [2.24, 2.45) is 11.3 Å². The molecule has 1 fully saturated rings. The molecule has 3 aliphatic carbocycles. The molecule has 5 nitrogen and oxygen atoms in total. The van der Waals surface area contributed by atoms with E-state index in [2.05, 4.69) is 42.3 Å². The second-order valence-corrected chi connectivity index (χ2v) is 9.91. The normalized spacial score (nSPS) is 32.5. The van der Waals surface area contributed by atoms with Crippen molar-refractivity contribution in [3.05, 3.63) is 77.4 Å². The van der Waals surface area contributed by atoms with Crippen molar-refractivity contribution in [3.63, 3.8) is 0 Å². The molecule has 0 spiro atoms. The number of carbonyl (C=O) groups excluding carboxylic acids is 2. The van der Waals surface area contributed by atoms with E-state index in [1.165, 1.54) is 12.5 Å². The molecule has 2 heterocycles. The number of nitrogens with zero attached hydrogens (tertiary/aromatic N) is 1. The van der Waals surface area contributed by atoms with Crippen molar-refractivity contribution in [2.45, 2.75) is 57.7 Å². The lowest BCUT2D eigenvalue weighted by molar-refractivity contribution is -0.147. The maximum Gasteiger partial charge on any atom is 0.302 e. The third-order valence-electron chi connectivity index (χ3n) is 8.01. The van der Waals surface area contributed by atoms with E-state index in [1.54, 1.807) is 0 Å². The molecule has 1 saturated carbocycles. The molecule has 5 heteroatoms. The molecule has 0 radical (unpaired) electrons. The SMILES string of the molecule is CC(=O)OC1C[C@H]2[C@@H]3OC4=C(C=C3C=C[C@]2(C)[C@H]1c1cccc2cnccc12)C(=O)CCC4. The lowest BCUT2D eigenvalue weighted by Crippen LogP contribution is -2.41. The summed E-state index contributed by atoms with van der Waals surface area (Å²) in [5, 5.41) is 2.21. The number of rotatable bonds is 2. The third kappa shape index (κ3) is 3.09. The van der Waals surface area contributed by atoms with Gasteiger partial charge in [0.2, 0.25) is 0 Å². The minimum Gasteiger partial charge on any atom is -0.489 e. The summed E-state index contributed by atoms with van der Waals surface area (Å²) in [5.74, 6) is 0.867. The van der Waals surface area contributed by atoms with Gasteiger partial charge in [0.25, 0.3) is 0 Å². The van der Waals surface area contributed by atoms with Gasteiger partial charge < -0.3 is 9.47 Å². The van der Waals surface area contributed by atoms with Crippen LogP contribution in [0, 0.1) is 11.3 Å². The highest BCUT2D eigenvalue weighted by molar-refractivity contribution is 5.99. The van der Waals surface area contributed by atoms with Crippen LogP contribution in [0.5, 0.6) is 0 Å². The highest BCUT2D eigenvalue weighted by Gasteiger charge is 2.58. The van der Waals surface area contributed by atoms with E-state index < -0.39 is 0 Å². The van der Waals surface area contributed by atoms with Crippen molar-refractivity contribution < 1.29 is 19.1 Å². The van der Waals surface area contributed by atoms with Gasteiger partial charge in [-0.2, -0.15) is 0 Å². The fourth-order valence-corrected chi connectivity index (χ4v) is 6.55. The summed E-state index contributed by atoms with van der Waals surface area (Å²) < 4.78 is 12.5. The Balaban J connectivity index is 1.47. The van der Waals surface area contributed by atoms with Crippen LogP contribution in [0.2, 0.25) is 0 Å². The van der Waals surface area contributed by atoms with E-state index in [0.717, 1.165) is 40.5 Å². The molecule has 0 saturated heterocycles. The number of pyridine rings is 1. The lowest BCUT2D eigenvalue weighted by Gasteiger charge is -2.44. The van der Waals surface area contributed by atoms with E-state index in [1.807, 2.05) is 24.5 Å². The number of ether oxygens (including phenoxy) is 2. The largest absolute Gasteiger partial charge is 0.489 e. The van der Waals surface area contributed by atoms with Gasteiger partial charge in [0.15, 0.2) is 5.78 Å². The highest BCUT2D eigenvalue weighted by Crippen LogP contribution is 2.61. The van der Waals surface area contributed by atoms with Gasteiger partial charge in [0, 0.05) is 54.8 Å². The Hall–Kier alpha value is -3.21. The molecule has 0 bridgehead atoms. The van der Waals surface area contributed by atoms with Crippen molar-refractivity contribution in [1.29, 1.82) is 0 Å². The number of esters is 1. The smallest absolute Gasteiger partial charge is 0.302 e. The number of carbonyl (C=O) groups is 2. The Morgan fingerprint density at radius 2 is 2.12 bits per heavy atom. The monoisotopic (exact) mass is 441 g/mol. The fourth-order valence-electron chi connectivity index (χ4n) is 6.55. The van der Waals surface area contributed by atoms with Crippen molar-refractivity contribution in [2.75, 3.05) is 0 Å². The maximum atomic E-state index is 12.5. The van der Waals surface area contributed by atoms with Crippen LogP contribution in [0.4, 0.5) is 0 Å². The Morgan fingerprint density at radius 1 is 1.24 bits per heavy atom. The Bertz CT molecular complexity index is 1270. The number of aromatic nitrogens is 1. The van der Waals surface area contributed by atoms with Crippen LogP contribution in [0.3, 0.4) is 0 Å². The summed E-state index contributed by atoms with van der Waals surface area (Å²) in [6, 6.07) is 8.32. The molecule has 1 unspecified atom stereocenters. The number of hydrogen-bond acceptors (Lipinski definition) is 5. The first-order valence-electron chi connectivity index (χ1n) is 11.8. The van der Waals surface area contributed by atoms with Crippen LogP contribution < -0.4 is 0 Å². The molecular formula is C28H27NO4. The highest BCUT2D eigenvalue weighted by atomic mass is 16.5. The number of allylic oxidation sites excluding steroid dienone is 4. The predicted molar refractivity (Wildman–Crippen MR) is 124 cm³/mol. The Labute approximate surface area is 193 Å². The average Bonchev–Trinajstić information content (AvgIpc) is 3.09. The van der Waals surface area contributed by atoms with Gasteiger partial charge in [0.1, 0.15) is 18.0 Å². The van der Waals surface area contributed by atoms with Gasteiger partial charge in [-0.25, -0.2) is 0 Å². The third-order valence-corrected chi connectivity index (χ3v) is 8.01. The van der Waals surface area contributed by atoms with Gasteiger partial charge in [-0.15, -0.1) is 0 Å². The van der Waals surface area contributed by atoms with Crippen LogP contribution >= 0.6 is 0 Å². The maximum absolute atomic E-state index is 12.5. The van der Waals surface area contributed by atoms with Crippen LogP contribution in [-0.4, -0.2) is 28.9 Å². The minimum atomic E-state index is -0.267. The molecule has 6 rings (SSSR count). The van der Waals surface area contributed by atoms with Crippen molar-refractivity contribution in [3.8, 4) is 0 Å². The molecule has 2 aromatic rings. The summed E-state index contributed by atoms with van der Waals surface area (Å²) in [4.78, 5) is 28.9. The van der Waals surface area contributed by atoms with Crippen LogP contribution in [0.25, 0.3) is 10.8 Å². The first-order chi connectivity index (χ1) is 16.0. The van der Waals surface area contributed by atoms with E-state index in [-0.39, 0.29) is 41.2 Å². The summed E-state index contributed by atoms with van der Waals surface area (Å²) in [6.07, 6.45) is 12.7. The molecule has 0 amide bonds. The fraction of sp³-hybridized carbons (Fsp3) is 0.393. The van der Waals surface area contributed by atoms with Crippen LogP contribution in [-0.2, 0) is 19.1 Å². The topological polar surface area (TPSA) is 65.5 Å². The van der Waals surface area contributed by atoms with Crippen LogP contribution in [0.15, 0.2) is 71.8 Å². The first-order valence-corrected chi connectivity index (χ1v) is 11.8. The van der Waals surface area contributed by atoms with Gasteiger partial charge in [-0.1, -0.05) is 37.3 Å². The van der Waals surface area contributed by atoms with E-state index in [9.17, 15) is 9.59 Å². The zero-order valence-corrected chi connectivity index (χ0v) is 18.9. The van der Waals surface area contributed by atoms with Crippen LogP contribution in [0.1, 0.15) is 51.0 Å². The average molecular weight is 442 g/mol. The Kier molecular flexibility index (Phi) is 4.58. The summed E-state index contributed by atoms with van der Waals surface area (Å²) in [5.41, 5.74) is 2.70.